The van der Waals surface area contributed by atoms with Crippen molar-refractivity contribution in [3.63, 3.8) is 0 Å². The molecule has 0 spiro atoms. The van der Waals surface area contributed by atoms with Gasteiger partial charge in [0.2, 0.25) is 0 Å². The van der Waals surface area contributed by atoms with Crippen molar-refractivity contribution in [2.24, 2.45) is 0 Å². The Morgan fingerprint density at radius 2 is 1.24 bits per heavy atom. The highest BCUT2D eigenvalue weighted by Gasteiger charge is 2.16. The van der Waals surface area contributed by atoms with Gasteiger partial charge >= 0.3 is 6.09 Å². The van der Waals surface area contributed by atoms with Crippen molar-refractivity contribution in [3.05, 3.63) is 46.6 Å². The fourth-order valence-electron chi connectivity index (χ4n) is 4.42. The van der Waals surface area contributed by atoms with Crippen LogP contribution in [-0.2, 0) is 4.74 Å². The molecule has 1 N–H and O–H groups in total. The normalized spacial score (nSPS) is 17.2. The van der Waals surface area contributed by atoms with Gasteiger partial charge in [-0.3, -0.25) is 0 Å². The SMILES string of the molecule is CC(C)=CCCC(C)=CCCC(C)=CCCC(C)=CCCC(C)OC(=O)NC1CCCCCC1. The van der Waals surface area contributed by atoms with E-state index in [9.17, 15) is 4.79 Å². The Bertz CT molecular complexity index is 686. The molecular weight excluding hydrogens is 418 g/mol. The van der Waals surface area contributed by atoms with Gasteiger partial charge in [0.1, 0.15) is 6.10 Å². The minimum atomic E-state index is -0.237. The Kier molecular flexibility index (Phi) is 16.5. The molecule has 3 heteroatoms. The van der Waals surface area contributed by atoms with E-state index in [0.29, 0.717) is 6.04 Å². The third kappa shape index (κ3) is 16.8. The number of allylic oxidation sites excluding steroid dienone is 8. The Morgan fingerprint density at radius 1 is 0.765 bits per heavy atom. The predicted octanol–water partition coefficient (Wildman–Crippen LogP) is 9.75. The summed E-state index contributed by atoms with van der Waals surface area (Å²) < 4.78 is 5.58. The van der Waals surface area contributed by atoms with Gasteiger partial charge in [0, 0.05) is 6.04 Å². The van der Waals surface area contributed by atoms with Crippen LogP contribution in [0, 0.1) is 0 Å². The molecule has 1 aliphatic rings. The first-order chi connectivity index (χ1) is 16.3. The van der Waals surface area contributed by atoms with Crippen LogP contribution in [0.15, 0.2) is 46.6 Å². The molecular formula is C31H53NO2. The number of alkyl carbamates (subject to hydrolysis) is 1. The number of amides is 1. The molecule has 1 atom stereocenters. The summed E-state index contributed by atoms with van der Waals surface area (Å²) >= 11 is 0. The second kappa shape index (κ2) is 18.5. The van der Waals surface area contributed by atoms with Crippen LogP contribution in [0.2, 0.25) is 0 Å². The van der Waals surface area contributed by atoms with Crippen LogP contribution in [0.1, 0.15) is 131 Å². The zero-order valence-corrected chi connectivity index (χ0v) is 23.2. The quantitative estimate of drug-likeness (QED) is 0.202. The number of carbonyl (C=O) groups is 1. The molecule has 1 amide bonds. The summed E-state index contributed by atoms with van der Waals surface area (Å²) in [6, 6.07) is 0.299. The van der Waals surface area contributed by atoms with Crippen molar-refractivity contribution in [2.45, 2.75) is 144 Å². The summed E-state index contributed by atoms with van der Waals surface area (Å²) in [5.74, 6) is 0. The van der Waals surface area contributed by atoms with Crippen LogP contribution in [-0.4, -0.2) is 18.2 Å². The predicted molar refractivity (Wildman–Crippen MR) is 148 cm³/mol. The second-order valence-electron chi connectivity index (χ2n) is 10.7. The van der Waals surface area contributed by atoms with Crippen molar-refractivity contribution >= 4 is 6.09 Å². The van der Waals surface area contributed by atoms with Crippen molar-refractivity contribution < 1.29 is 9.53 Å². The molecule has 1 fully saturated rings. The first kappa shape index (κ1) is 30.3. The van der Waals surface area contributed by atoms with Gasteiger partial charge in [0.15, 0.2) is 0 Å². The lowest BCUT2D eigenvalue weighted by molar-refractivity contribution is 0.0988. The lowest BCUT2D eigenvalue weighted by Crippen LogP contribution is -2.36. The van der Waals surface area contributed by atoms with Gasteiger partial charge in [-0.15, -0.1) is 0 Å². The second-order valence-corrected chi connectivity index (χ2v) is 10.7. The molecule has 1 saturated carbocycles. The molecule has 0 aromatic heterocycles. The van der Waals surface area contributed by atoms with Gasteiger partial charge in [-0.05, 0) is 106 Å². The monoisotopic (exact) mass is 471 g/mol. The van der Waals surface area contributed by atoms with E-state index in [1.165, 1.54) is 54.4 Å². The summed E-state index contributed by atoms with van der Waals surface area (Å²) in [5, 5.41) is 3.07. The van der Waals surface area contributed by atoms with Crippen LogP contribution in [0.25, 0.3) is 0 Å². The fourth-order valence-corrected chi connectivity index (χ4v) is 4.42. The maximum atomic E-state index is 12.2. The van der Waals surface area contributed by atoms with E-state index in [1.54, 1.807) is 0 Å². The number of hydrogen-bond acceptors (Lipinski definition) is 2. The zero-order chi connectivity index (χ0) is 25.2. The number of nitrogens with one attached hydrogen (secondary N) is 1. The molecule has 1 rings (SSSR count). The third-order valence-electron chi connectivity index (χ3n) is 6.71. The first-order valence-corrected chi connectivity index (χ1v) is 13.8. The van der Waals surface area contributed by atoms with Crippen LogP contribution in [0.5, 0.6) is 0 Å². The van der Waals surface area contributed by atoms with E-state index < -0.39 is 0 Å². The molecule has 1 aliphatic carbocycles. The molecule has 34 heavy (non-hydrogen) atoms. The van der Waals surface area contributed by atoms with E-state index >= 15 is 0 Å². The molecule has 0 aliphatic heterocycles. The number of ether oxygens (including phenoxy) is 1. The Morgan fingerprint density at radius 3 is 1.74 bits per heavy atom. The van der Waals surface area contributed by atoms with Crippen molar-refractivity contribution in [1.82, 2.24) is 5.32 Å². The largest absolute Gasteiger partial charge is 0.447 e. The molecule has 0 radical (unpaired) electrons. The van der Waals surface area contributed by atoms with E-state index in [-0.39, 0.29) is 12.2 Å². The van der Waals surface area contributed by atoms with E-state index in [1.807, 2.05) is 6.92 Å². The maximum absolute atomic E-state index is 12.2. The van der Waals surface area contributed by atoms with E-state index in [4.69, 9.17) is 4.74 Å². The average molecular weight is 472 g/mol. The molecule has 0 saturated heterocycles. The van der Waals surface area contributed by atoms with E-state index in [2.05, 4.69) is 64.2 Å². The average Bonchev–Trinajstić information content (AvgIpc) is 3.02. The van der Waals surface area contributed by atoms with Gasteiger partial charge in [-0.1, -0.05) is 72.3 Å². The Balaban J connectivity index is 2.19. The summed E-state index contributed by atoms with van der Waals surface area (Å²) in [6.07, 6.45) is 25.0. The molecule has 194 valence electrons. The van der Waals surface area contributed by atoms with Gasteiger partial charge in [-0.25, -0.2) is 4.79 Å². The lowest BCUT2D eigenvalue weighted by Gasteiger charge is -2.18. The first-order valence-electron chi connectivity index (χ1n) is 13.8. The third-order valence-corrected chi connectivity index (χ3v) is 6.71. The van der Waals surface area contributed by atoms with Gasteiger partial charge in [-0.2, -0.15) is 0 Å². The highest BCUT2D eigenvalue weighted by molar-refractivity contribution is 5.67. The Labute approximate surface area is 211 Å². The van der Waals surface area contributed by atoms with Crippen molar-refractivity contribution in [2.75, 3.05) is 0 Å². The molecule has 0 aromatic carbocycles. The smallest absolute Gasteiger partial charge is 0.407 e. The molecule has 3 nitrogen and oxygen atoms in total. The number of rotatable bonds is 14. The molecule has 0 bridgehead atoms. The minimum absolute atomic E-state index is 0.0458. The van der Waals surface area contributed by atoms with Gasteiger partial charge in [0.25, 0.3) is 0 Å². The van der Waals surface area contributed by atoms with Crippen molar-refractivity contribution in [3.8, 4) is 0 Å². The minimum Gasteiger partial charge on any atom is -0.447 e. The molecule has 1 unspecified atom stereocenters. The van der Waals surface area contributed by atoms with Crippen LogP contribution >= 0.6 is 0 Å². The number of hydrogen-bond donors (Lipinski definition) is 1. The molecule has 0 aromatic rings. The summed E-state index contributed by atoms with van der Waals surface area (Å²) in [7, 11) is 0. The fraction of sp³-hybridized carbons (Fsp3) is 0.710. The topological polar surface area (TPSA) is 38.3 Å². The summed E-state index contributed by atoms with van der Waals surface area (Å²) in [6.45, 7) is 13.1. The summed E-state index contributed by atoms with van der Waals surface area (Å²) in [5.41, 5.74) is 5.83. The van der Waals surface area contributed by atoms with Crippen LogP contribution in [0.4, 0.5) is 4.79 Å². The van der Waals surface area contributed by atoms with Crippen LogP contribution < -0.4 is 5.32 Å². The standard InChI is InChI=1S/C31H53NO2/c1-25(2)15-11-16-26(3)17-12-18-27(4)19-13-20-28(5)21-14-22-29(6)34-31(33)32-30-23-9-7-8-10-24-30/h15,17,19,21,29-30H,7-14,16,18,20,22-24H2,1-6H3,(H,32,33). The highest BCUT2D eigenvalue weighted by atomic mass is 16.6. The highest BCUT2D eigenvalue weighted by Crippen LogP contribution is 2.18. The van der Waals surface area contributed by atoms with Crippen molar-refractivity contribution in [1.29, 1.82) is 0 Å². The van der Waals surface area contributed by atoms with Crippen LogP contribution in [0.3, 0.4) is 0 Å². The van der Waals surface area contributed by atoms with E-state index in [0.717, 1.165) is 57.8 Å². The maximum Gasteiger partial charge on any atom is 0.407 e. The zero-order valence-electron chi connectivity index (χ0n) is 23.2. The van der Waals surface area contributed by atoms with Gasteiger partial charge in [0.05, 0.1) is 0 Å². The molecule has 0 heterocycles. The summed E-state index contributed by atoms with van der Waals surface area (Å²) in [4.78, 5) is 12.2. The number of carbonyl (C=O) groups excluding carboxylic acids is 1. The van der Waals surface area contributed by atoms with Gasteiger partial charge < -0.3 is 10.1 Å². The Hall–Kier alpha value is -1.77. The lowest BCUT2D eigenvalue weighted by atomic mass is 10.0.